The molecule has 0 aliphatic heterocycles. The Bertz CT molecular complexity index is 2800. The largest absolute Gasteiger partial charge is 0.379 e. The zero-order valence-electron chi connectivity index (χ0n) is 71.4. The minimum absolute atomic E-state index is 0.00343. The van der Waals surface area contributed by atoms with Gasteiger partial charge in [0.15, 0.2) is 28.9 Å². The lowest BCUT2D eigenvalue weighted by Crippen LogP contribution is -2.48. The number of ketones is 5. The Balaban J connectivity index is -0.00000177. The SMILES string of the molecule is C=CC(=O)CCCCOCC(COCCCCC(=O)C=C)OCCCNC(=O)C=C.C=CC(=O)CCCCOC[C@@H](OCCCNC(=O)C=C)[C@H](COCCCNC(=O)C=C)OCCCNC(=O)C=C.C=CC(=O)CCCCOC[C@H](OCCCNC(=O)C=C)C(OCCCNC(=O)C=C)[C@@H](COCCCCC(=O)C=C)OCCCNC(=O)C=C. The minimum Gasteiger partial charge on any atom is -0.379 e. The van der Waals surface area contributed by atoms with Gasteiger partial charge in [-0.25, -0.2) is 0 Å². The van der Waals surface area contributed by atoms with E-state index in [4.69, 9.17) is 56.8 Å². The highest BCUT2D eigenvalue weighted by Crippen LogP contribution is 2.18. The number of carbonyl (C=O) groups is 12. The Morgan fingerprint density at radius 2 is 0.383 bits per heavy atom. The Labute approximate surface area is 713 Å². The van der Waals surface area contributed by atoms with Crippen molar-refractivity contribution in [1.29, 1.82) is 0 Å². The van der Waals surface area contributed by atoms with Crippen molar-refractivity contribution < 1.29 is 114 Å². The Kier molecular flexibility index (Phi) is 83.0. The summed E-state index contributed by atoms with van der Waals surface area (Å²) in [6.07, 6.45) is 25.2. The van der Waals surface area contributed by atoms with Gasteiger partial charge in [0.05, 0.1) is 39.6 Å². The number of hydrogen-bond acceptors (Lipinski definition) is 24. The standard InChI is InChI=1S/C37H59N3O10.C29H47N3O8.C23H37NO6/c1-6-30(41)18-11-13-23-46-28-32(48-25-15-20-38-34(43)8-3)37(50-27-17-22-40-36(45)10-5)33(49-26-16-21-39-35(44)9-4)29-47-24-14-12-19-31(42)7-2;1-5-24(33)14-9-10-18-37-22-25(39-20-12-16-31-28(35)7-3)26(40-21-13-17-32-29(36)8-4)23-38-19-11-15-30-27(34)6-2;1-4-20(25)12-7-9-15-28-18-22(30-17-11-14-24-23(27)6-3)19-29-16-10-8-13-21(26)5-2/h6-10,32-33,37H,1-5,11-29H2,(H,38,43)(H,39,44)(H,40,45);5-8,25-26H,1-4,9-23H2,(H,30,34)(H,31,35)(H,32,36);4-6,22H,1-3,7-19H2,(H,24,27)/t32-,33+,37?;25-,26+;/m.1./s1. The molecule has 31 heteroatoms. The maximum absolute atomic E-state index is 11.6. The van der Waals surface area contributed by atoms with E-state index in [0.29, 0.717) is 234 Å². The summed E-state index contributed by atoms with van der Waals surface area (Å²) >= 11 is 0. The average molecular weight is 1700 g/mol. The number of allylic oxidation sites excluding steroid dienone is 5. The number of unbranched alkanes of at least 4 members (excludes halogenated alkanes) is 5. The molecule has 0 aliphatic rings. The zero-order valence-corrected chi connectivity index (χ0v) is 71.4. The third-order valence-electron chi connectivity index (χ3n) is 16.6. The molecule has 0 bridgehead atoms. The van der Waals surface area contributed by atoms with Crippen LogP contribution >= 0.6 is 0 Å². The van der Waals surface area contributed by atoms with Crippen molar-refractivity contribution in [3.63, 3.8) is 0 Å². The van der Waals surface area contributed by atoms with Gasteiger partial charge in [-0.2, -0.15) is 0 Å². The van der Waals surface area contributed by atoms with E-state index in [1.54, 1.807) is 0 Å². The van der Waals surface area contributed by atoms with Crippen molar-refractivity contribution in [3.8, 4) is 0 Å². The predicted molar refractivity (Wildman–Crippen MR) is 463 cm³/mol. The van der Waals surface area contributed by atoms with Gasteiger partial charge in [0.1, 0.15) is 36.6 Å². The molecule has 0 aromatic carbocycles. The van der Waals surface area contributed by atoms with E-state index in [2.05, 4.69) is 116 Å². The van der Waals surface area contributed by atoms with E-state index >= 15 is 0 Å². The number of rotatable bonds is 86. The maximum atomic E-state index is 11.6. The lowest BCUT2D eigenvalue weighted by Gasteiger charge is -2.34. The minimum atomic E-state index is -0.680. The molecule has 0 aromatic heterocycles. The van der Waals surface area contributed by atoms with Crippen molar-refractivity contribution in [2.45, 2.75) is 178 Å². The zero-order chi connectivity index (χ0) is 89.5. The van der Waals surface area contributed by atoms with Crippen LogP contribution in [0.2, 0.25) is 0 Å². The normalized spacial score (nSPS) is 11.8. The van der Waals surface area contributed by atoms with Crippen molar-refractivity contribution in [3.05, 3.63) is 152 Å². The highest BCUT2D eigenvalue weighted by molar-refractivity contribution is 5.92. The van der Waals surface area contributed by atoms with Gasteiger partial charge in [-0.15, -0.1) is 0 Å². The molecule has 120 heavy (non-hydrogen) atoms. The van der Waals surface area contributed by atoms with Crippen LogP contribution in [-0.2, 0) is 114 Å². The lowest BCUT2D eigenvalue weighted by molar-refractivity contribution is -0.170. The summed E-state index contributed by atoms with van der Waals surface area (Å²) in [4.78, 5) is 137. The maximum Gasteiger partial charge on any atom is 0.243 e. The molecule has 5 atom stereocenters. The second kappa shape index (κ2) is 86.4. The highest BCUT2D eigenvalue weighted by Gasteiger charge is 2.33. The summed E-state index contributed by atoms with van der Waals surface area (Å²) in [7, 11) is 0. The molecule has 0 heterocycles. The van der Waals surface area contributed by atoms with Gasteiger partial charge < -0.3 is 94.1 Å². The monoisotopic (exact) mass is 1690 g/mol. The Hall–Kier alpha value is -8.96. The number of hydrogen-bond donors (Lipinski definition) is 7. The first-order valence-corrected chi connectivity index (χ1v) is 41.4. The van der Waals surface area contributed by atoms with Crippen molar-refractivity contribution >= 4 is 70.3 Å². The molecule has 0 aromatic rings. The fraction of sp³-hybridized carbons (Fsp3) is 0.596. The van der Waals surface area contributed by atoms with Crippen LogP contribution in [0.25, 0.3) is 0 Å². The van der Waals surface area contributed by atoms with Gasteiger partial charge in [-0.1, -0.05) is 78.9 Å². The third-order valence-corrected chi connectivity index (χ3v) is 16.6. The lowest BCUT2D eigenvalue weighted by atomic mass is 10.1. The Morgan fingerprint density at radius 1 is 0.200 bits per heavy atom. The molecule has 0 spiro atoms. The van der Waals surface area contributed by atoms with Crippen LogP contribution in [0.15, 0.2) is 152 Å². The smallest absolute Gasteiger partial charge is 0.243 e. The second-order valence-electron chi connectivity index (χ2n) is 26.5. The molecular formula is C89H143N7O24. The summed E-state index contributed by atoms with van der Waals surface area (Å²) < 4.78 is 72.0. The molecule has 1 unspecified atom stereocenters. The van der Waals surface area contributed by atoms with Crippen LogP contribution in [0.4, 0.5) is 0 Å². The van der Waals surface area contributed by atoms with Crippen LogP contribution in [0.3, 0.4) is 0 Å². The van der Waals surface area contributed by atoms with Crippen molar-refractivity contribution in [1.82, 2.24) is 37.2 Å². The van der Waals surface area contributed by atoms with Gasteiger partial charge in [0.25, 0.3) is 0 Å². The quantitative estimate of drug-likeness (QED) is 0.0225. The highest BCUT2D eigenvalue weighted by atomic mass is 16.6. The van der Waals surface area contributed by atoms with Crippen LogP contribution in [0.1, 0.15) is 141 Å². The molecule has 0 radical (unpaired) electrons. The molecule has 0 fully saturated rings. The second-order valence-corrected chi connectivity index (χ2v) is 26.5. The topological polar surface area (TPSA) is 400 Å². The molecule has 678 valence electrons. The fourth-order valence-corrected chi connectivity index (χ4v) is 9.86. The molecule has 7 amide bonds. The summed E-state index contributed by atoms with van der Waals surface area (Å²) in [5.74, 6) is -1.77. The summed E-state index contributed by atoms with van der Waals surface area (Å²) in [5.41, 5.74) is 0. The van der Waals surface area contributed by atoms with E-state index in [1.807, 2.05) is 0 Å². The number of ether oxygens (including phenoxy) is 12. The third kappa shape index (κ3) is 76.4. The van der Waals surface area contributed by atoms with E-state index in [-0.39, 0.29) is 123 Å². The Morgan fingerprint density at radius 3 is 0.608 bits per heavy atom. The first-order chi connectivity index (χ1) is 58.1. The number of amides is 7. The molecule has 0 saturated heterocycles. The first-order valence-electron chi connectivity index (χ1n) is 41.4. The van der Waals surface area contributed by atoms with Crippen LogP contribution in [0.5, 0.6) is 0 Å². The van der Waals surface area contributed by atoms with E-state index < -0.39 is 30.5 Å². The average Bonchev–Trinajstić information content (AvgIpc) is 0.866. The van der Waals surface area contributed by atoms with Gasteiger partial charge >= 0.3 is 0 Å². The van der Waals surface area contributed by atoms with E-state index in [9.17, 15) is 57.5 Å². The summed E-state index contributed by atoms with van der Waals surface area (Å²) in [5, 5.41) is 19.0. The molecule has 0 aliphatic carbocycles. The predicted octanol–water partition coefficient (Wildman–Crippen LogP) is 7.84. The van der Waals surface area contributed by atoms with Crippen LogP contribution < -0.4 is 37.2 Å². The number of carbonyl (C=O) groups excluding carboxylic acids is 12. The first kappa shape index (κ1) is 115. The molecule has 0 rings (SSSR count). The summed E-state index contributed by atoms with van der Waals surface area (Å²) in [6.45, 7) is 50.6. The van der Waals surface area contributed by atoms with Crippen molar-refractivity contribution in [2.24, 2.45) is 0 Å². The van der Waals surface area contributed by atoms with Gasteiger partial charge in [-0.05, 0) is 182 Å². The van der Waals surface area contributed by atoms with E-state index in [0.717, 1.165) is 25.7 Å². The van der Waals surface area contributed by atoms with Gasteiger partial charge in [-0.3, -0.25) is 57.5 Å². The molecule has 7 N–H and O–H groups in total. The van der Waals surface area contributed by atoms with Crippen LogP contribution in [0, 0.1) is 0 Å². The summed E-state index contributed by atoms with van der Waals surface area (Å²) in [6, 6.07) is 0. The molecular weight excluding hydrogens is 1550 g/mol. The molecule has 0 saturated carbocycles. The van der Waals surface area contributed by atoms with E-state index in [1.165, 1.54) is 72.9 Å². The van der Waals surface area contributed by atoms with Crippen LogP contribution in [-0.4, -0.2) is 272 Å². The van der Waals surface area contributed by atoms with Gasteiger partial charge in [0.2, 0.25) is 41.4 Å². The van der Waals surface area contributed by atoms with Gasteiger partial charge in [0, 0.05) is 157 Å². The molecule has 31 nitrogen and oxygen atoms in total. The van der Waals surface area contributed by atoms with Crippen molar-refractivity contribution in [2.75, 3.05) is 165 Å². The number of nitrogens with one attached hydrogen (secondary N) is 7. The fourth-order valence-electron chi connectivity index (χ4n) is 9.86.